The number of nitrogens with zero attached hydrogens (tertiary/aromatic N) is 8. The number of β-amino-alcohol motifs (C(OH)–C–C–N with tert-alkyl or cyclic N) is 1. The van der Waals surface area contributed by atoms with E-state index >= 15 is 0 Å². The minimum absolute atomic E-state index is 0.0426. The number of aliphatic hydroxyl groups is 1. The molecule has 1 fully saturated rings. The zero-order valence-corrected chi connectivity index (χ0v) is 40.1. The number of anilines is 1. The lowest BCUT2D eigenvalue weighted by molar-refractivity contribution is -0.144. The van der Waals surface area contributed by atoms with Crippen LogP contribution in [0.5, 0.6) is 0 Å². The zero-order valence-electron chi connectivity index (χ0n) is 38.5. The Morgan fingerprint density at radius 2 is 1.55 bits per heavy atom. The molecule has 6 heterocycles. The number of carboxylic acid groups (broad SMARTS) is 1. The van der Waals surface area contributed by atoms with Crippen molar-refractivity contribution in [3.8, 4) is 26.6 Å². The number of carbonyl (C=O) groups is 4. The SMILES string of the molecule is Cc1ncsc1-c1ccc([C@H](C)NC(=O)[C@@H]2C[C@@H](O)CN2C(=O)[C@@H](NC(=O)CNc2ncc(-c3ccc(C4=N[C@@H](CC(=O)O)c5nnc(C)n5-c5sc(C)c(C)c54)cc3)cn2)C(C)(C)C)cc1. The van der Waals surface area contributed by atoms with Gasteiger partial charge in [-0.2, -0.15) is 0 Å². The van der Waals surface area contributed by atoms with Gasteiger partial charge in [0.1, 0.15) is 29.0 Å². The molecule has 0 spiro atoms. The van der Waals surface area contributed by atoms with Crippen molar-refractivity contribution in [2.45, 2.75) is 98.5 Å². The number of aryl methyl sites for hydroxylation is 3. The summed E-state index contributed by atoms with van der Waals surface area (Å²) in [6.45, 7) is 15.0. The molecule has 67 heavy (non-hydrogen) atoms. The fourth-order valence-electron chi connectivity index (χ4n) is 8.47. The molecule has 1 saturated heterocycles. The highest BCUT2D eigenvalue weighted by Crippen LogP contribution is 2.40. The molecule has 0 aliphatic carbocycles. The monoisotopic (exact) mass is 943 g/mol. The molecule has 5 N–H and O–H groups in total. The second-order valence-corrected chi connectivity index (χ2v) is 20.2. The summed E-state index contributed by atoms with van der Waals surface area (Å²) in [5, 5.41) is 38.8. The number of carbonyl (C=O) groups excluding carboxylic acids is 3. The average molecular weight is 944 g/mol. The maximum absolute atomic E-state index is 14.2. The van der Waals surface area contributed by atoms with E-state index in [0.717, 1.165) is 59.4 Å². The van der Waals surface area contributed by atoms with Gasteiger partial charge in [-0.3, -0.25) is 28.7 Å². The fourth-order valence-corrected chi connectivity index (χ4v) is 10.5. The number of aliphatic hydroxyl groups excluding tert-OH is 1. The summed E-state index contributed by atoms with van der Waals surface area (Å²) in [4.78, 5) is 75.1. The Bertz CT molecular complexity index is 2860. The molecule has 8 rings (SSSR count). The molecule has 2 aromatic carbocycles. The Morgan fingerprint density at radius 1 is 0.881 bits per heavy atom. The highest BCUT2D eigenvalue weighted by Gasteiger charge is 2.45. The predicted octanol–water partition coefficient (Wildman–Crippen LogP) is 6.29. The third kappa shape index (κ3) is 9.75. The Morgan fingerprint density at radius 3 is 2.19 bits per heavy atom. The van der Waals surface area contributed by atoms with Gasteiger partial charge in [0.15, 0.2) is 5.82 Å². The van der Waals surface area contributed by atoms with E-state index in [1.54, 1.807) is 35.1 Å². The van der Waals surface area contributed by atoms with Crippen molar-refractivity contribution in [2.24, 2.45) is 10.4 Å². The largest absolute Gasteiger partial charge is 0.481 e. The summed E-state index contributed by atoms with van der Waals surface area (Å²) in [7, 11) is 0. The molecule has 19 heteroatoms. The normalized spacial score (nSPS) is 17.7. The Labute approximate surface area is 395 Å². The summed E-state index contributed by atoms with van der Waals surface area (Å²) < 4.78 is 1.92. The first-order chi connectivity index (χ1) is 31.9. The van der Waals surface area contributed by atoms with Crippen molar-refractivity contribution in [1.29, 1.82) is 0 Å². The van der Waals surface area contributed by atoms with Crippen LogP contribution in [0.3, 0.4) is 0 Å². The molecular weight excluding hydrogens is 891 g/mol. The van der Waals surface area contributed by atoms with Gasteiger partial charge in [-0.1, -0.05) is 69.3 Å². The summed E-state index contributed by atoms with van der Waals surface area (Å²) in [6, 6.07) is 12.6. The van der Waals surface area contributed by atoms with E-state index in [0.29, 0.717) is 17.4 Å². The number of aromatic nitrogens is 6. The molecule has 0 bridgehead atoms. The number of fused-ring (bicyclic) bond motifs is 3. The number of hydrogen-bond acceptors (Lipinski definition) is 14. The number of thiazole rings is 1. The van der Waals surface area contributed by atoms with Gasteiger partial charge in [0.05, 0.1) is 46.9 Å². The van der Waals surface area contributed by atoms with E-state index in [4.69, 9.17) is 4.99 Å². The topological polar surface area (TPSA) is 230 Å². The molecule has 3 amide bonds. The first-order valence-electron chi connectivity index (χ1n) is 22.0. The van der Waals surface area contributed by atoms with Gasteiger partial charge in [-0.05, 0) is 62.3 Å². The molecule has 4 aromatic heterocycles. The summed E-state index contributed by atoms with van der Waals surface area (Å²) in [6.07, 6.45) is 2.20. The third-order valence-corrected chi connectivity index (χ3v) is 14.4. The highest BCUT2D eigenvalue weighted by atomic mass is 32.1. The average Bonchev–Trinajstić information content (AvgIpc) is 4.06. The van der Waals surface area contributed by atoms with Crippen molar-refractivity contribution < 1.29 is 29.4 Å². The second kappa shape index (κ2) is 18.9. The van der Waals surface area contributed by atoms with Gasteiger partial charge in [-0.15, -0.1) is 32.9 Å². The molecule has 5 atom stereocenters. The van der Waals surface area contributed by atoms with Crippen molar-refractivity contribution in [2.75, 3.05) is 18.4 Å². The Kier molecular flexibility index (Phi) is 13.2. The molecule has 0 saturated carbocycles. The van der Waals surface area contributed by atoms with E-state index in [9.17, 15) is 29.4 Å². The van der Waals surface area contributed by atoms with Gasteiger partial charge in [-0.25, -0.2) is 15.0 Å². The number of rotatable bonds is 13. The van der Waals surface area contributed by atoms with Crippen LogP contribution in [-0.4, -0.2) is 106 Å². The molecule has 2 aliphatic rings. The fraction of sp³-hybridized carbons (Fsp3) is 0.375. The van der Waals surface area contributed by atoms with Crippen LogP contribution in [-0.2, 0) is 19.2 Å². The van der Waals surface area contributed by atoms with Gasteiger partial charge in [0.25, 0.3) is 0 Å². The standard InChI is InChI=1S/C48H53N11O6S2/c1-24-27(4)67-46-39(24)40(54-35(18-38(62)63)43-57-56-28(5)59(43)46)31-13-11-30(12-14-31)33-19-49-47(50-20-33)51-21-37(61)55-42(48(6,7)8)45(65)58-22-34(60)17-36(58)44(64)53-25(2)29-9-15-32(16-10-29)41-26(3)52-23-66-41/h9-16,19-20,23,25,34-36,42,60H,17-18,21-22H2,1-8H3,(H,53,64)(H,55,61)(H,62,63)(H,49,50,51)/t25-,34+,35-,36-,42+/m0/s1. The van der Waals surface area contributed by atoms with Crippen molar-refractivity contribution in [1.82, 2.24) is 45.2 Å². The quantitative estimate of drug-likeness (QED) is 0.0861. The van der Waals surface area contributed by atoms with Crippen LogP contribution >= 0.6 is 22.7 Å². The van der Waals surface area contributed by atoms with Crippen LogP contribution in [0.4, 0.5) is 5.95 Å². The Balaban J connectivity index is 0.902. The maximum Gasteiger partial charge on any atom is 0.306 e. The summed E-state index contributed by atoms with van der Waals surface area (Å²) in [5.41, 5.74) is 8.95. The van der Waals surface area contributed by atoms with Crippen LogP contribution in [0.25, 0.3) is 26.6 Å². The van der Waals surface area contributed by atoms with E-state index in [1.165, 1.54) is 4.90 Å². The van der Waals surface area contributed by atoms with Crippen LogP contribution in [0.1, 0.15) is 97.1 Å². The number of thiophene rings is 1. The summed E-state index contributed by atoms with van der Waals surface area (Å²) >= 11 is 3.17. The van der Waals surface area contributed by atoms with E-state index < -0.39 is 47.4 Å². The molecule has 348 valence electrons. The highest BCUT2D eigenvalue weighted by molar-refractivity contribution is 7.15. The van der Waals surface area contributed by atoms with Crippen LogP contribution in [0, 0.1) is 33.1 Å². The zero-order chi connectivity index (χ0) is 47.9. The van der Waals surface area contributed by atoms with Gasteiger partial charge < -0.3 is 31.1 Å². The molecule has 6 aromatic rings. The number of hydrogen-bond donors (Lipinski definition) is 5. The minimum atomic E-state index is -1.01. The number of carboxylic acids is 1. The number of nitrogens with one attached hydrogen (secondary N) is 3. The predicted molar refractivity (Wildman–Crippen MR) is 256 cm³/mol. The maximum atomic E-state index is 14.2. The lowest BCUT2D eigenvalue weighted by Gasteiger charge is -2.35. The minimum Gasteiger partial charge on any atom is -0.481 e. The second-order valence-electron chi connectivity index (χ2n) is 18.1. The molecule has 0 unspecified atom stereocenters. The molecule has 2 aliphatic heterocycles. The third-order valence-electron chi connectivity index (χ3n) is 12.2. The van der Waals surface area contributed by atoms with Crippen molar-refractivity contribution in [3.05, 3.63) is 111 Å². The first-order valence-corrected chi connectivity index (χ1v) is 23.6. The van der Waals surface area contributed by atoms with Crippen LogP contribution in [0.15, 0.2) is 71.4 Å². The number of aliphatic imine (C=N–C) groups is 1. The van der Waals surface area contributed by atoms with E-state index in [1.807, 2.05) is 114 Å². The lowest BCUT2D eigenvalue weighted by atomic mass is 9.85. The van der Waals surface area contributed by atoms with Crippen LogP contribution < -0.4 is 16.0 Å². The van der Waals surface area contributed by atoms with E-state index in [-0.39, 0.29) is 43.8 Å². The first kappa shape index (κ1) is 46.8. The van der Waals surface area contributed by atoms with Crippen molar-refractivity contribution in [3.63, 3.8) is 0 Å². The molecule has 17 nitrogen and oxygen atoms in total. The van der Waals surface area contributed by atoms with Gasteiger partial charge in [0, 0.05) is 46.9 Å². The number of likely N-dealkylation sites (tertiary alicyclic amines) is 1. The number of amides is 3. The van der Waals surface area contributed by atoms with Gasteiger partial charge >= 0.3 is 5.97 Å². The smallest absolute Gasteiger partial charge is 0.306 e. The van der Waals surface area contributed by atoms with Gasteiger partial charge in [0.2, 0.25) is 23.7 Å². The number of benzene rings is 2. The van der Waals surface area contributed by atoms with E-state index in [2.05, 4.69) is 41.1 Å². The molecule has 0 radical (unpaired) electrons. The number of aliphatic carboxylic acids is 1. The lowest BCUT2D eigenvalue weighted by Crippen LogP contribution is -2.58. The Hall–Kier alpha value is -6.70. The molecular formula is C48H53N11O6S2. The van der Waals surface area contributed by atoms with Crippen LogP contribution in [0.2, 0.25) is 0 Å². The van der Waals surface area contributed by atoms with Crippen molar-refractivity contribution >= 4 is 58.0 Å². The summed E-state index contributed by atoms with van der Waals surface area (Å²) in [5.74, 6) is -0.974.